The van der Waals surface area contributed by atoms with E-state index in [0.29, 0.717) is 5.56 Å². The number of hydrogen-bond acceptors (Lipinski definition) is 1. The summed E-state index contributed by atoms with van der Waals surface area (Å²) in [4.78, 5) is 3.90. The minimum atomic E-state index is -2.92. The quantitative estimate of drug-likeness (QED) is 0.683. The molecule has 4 heteroatoms. The van der Waals surface area contributed by atoms with Crippen molar-refractivity contribution in [2.75, 3.05) is 0 Å². The SMILES string of the molecule is CC1(C)N=Cc2cc(Br)ccc2C1(F)F. The highest BCUT2D eigenvalue weighted by atomic mass is 79.9. The fraction of sp³-hybridized carbons (Fsp3) is 0.364. The molecule has 0 radical (unpaired) electrons. The molecule has 0 N–H and O–H groups in total. The van der Waals surface area contributed by atoms with Gasteiger partial charge in [-0.1, -0.05) is 22.0 Å². The fourth-order valence-electron chi connectivity index (χ4n) is 1.57. The summed E-state index contributed by atoms with van der Waals surface area (Å²) in [5, 5.41) is 0. The van der Waals surface area contributed by atoms with Gasteiger partial charge in [-0.3, -0.25) is 4.99 Å². The van der Waals surface area contributed by atoms with Crippen LogP contribution in [0.2, 0.25) is 0 Å². The zero-order chi connectivity index (χ0) is 11.3. The van der Waals surface area contributed by atoms with Gasteiger partial charge in [0.2, 0.25) is 0 Å². The Balaban J connectivity index is 2.66. The van der Waals surface area contributed by atoms with Crippen molar-refractivity contribution in [3.8, 4) is 0 Å². The van der Waals surface area contributed by atoms with Crippen molar-refractivity contribution in [3.63, 3.8) is 0 Å². The standard InChI is InChI=1S/C11H10BrF2N/c1-10(2)11(13,14)9-4-3-8(12)5-7(9)6-15-10/h3-6H,1-2H3. The summed E-state index contributed by atoms with van der Waals surface area (Å²) >= 11 is 3.25. The number of nitrogens with zero attached hydrogens (tertiary/aromatic N) is 1. The first kappa shape index (κ1) is 10.7. The van der Waals surface area contributed by atoms with Gasteiger partial charge in [-0.25, -0.2) is 0 Å². The van der Waals surface area contributed by atoms with Crippen LogP contribution >= 0.6 is 15.9 Å². The van der Waals surface area contributed by atoms with Gasteiger partial charge in [-0.05, 0) is 26.0 Å². The molecular weight excluding hydrogens is 264 g/mol. The van der Waals surface area contributed by atoms with Gasteiger partial charge in [0, 0.05) is 21.8 Å². The Morgan fingerprint density at radius 1 is 1.27 bits per heavy atom. The first-order valence-electron chi connectivity index (χ1n) is 4.58. The van der Waals surface area contributed by atoms with Crippen LogP contribution in [0.3, 0.4) is 0 Å². The number of benzene rings is 1. The minimum absolute atomic E-state index is 0.0469. The lowest BCUT2D eigenvalue weighted by atomic mass is 9.85. The fourth-order valence-corrected chi connectivity index (χ4v) is 1.95. The minimum Gasteiger partial charge on any atom is -0.280 e. The zero-order valence-electron chi connectivity index (χ0n) is 8.39. The van der Waals surface area contributed by atoms with E-state index in [2.05, 4.69) is 20.9 Å². The molecule has 1 heterocycles. The van der Waals surface area contributed by atoms with E-state index in [1.165, 1.54) is 26.1 Å². The van der Waals surface area contributed by atoms with Crippen LogP contribution in [0.15, 0.2) is 27.7 Å². The summed E-state index contributed by atoms with van der Waals surface area (Å²) < 4.78 is 28.7. The van der Waals surface area contributed by atoms with E-state index in [4.69, 9.17) is 0 Å². The predicted octanol–water partition coefficient (Wildman–Crippen LogP) is 3.75. The van der Waals surface area contributed by atoms with Crippen LogP contribution in [0.5, 0.6) is 0 Å². The van der Waals surface area contributed by atoms with Crippen molar-refractivity contribution >= 4 is 22.1 Å². The van der Waals surface area contributed by atoms with E-state index in [0.717, 1.165) is 4.47 Å². The average Bonchev–Trinajstić information content (AvgIpc) is 2.12. The smallest absolute Gasteiger partial charge is 0.280 e. The molecule has 0 atom stereocenters. The molecule has 1 nitrogen and oxygen atoms in total. The van der Waals surface area contributed by atoms with Gasteiger partial charge in [0.1, 0.15) is 5.54 Å². The van der Waals surface area contributed by atoms with Crippen molar-refractivity contribution in [3.05, 3.63) is 33.8 Å². The maximum Gasteiger partial charge on any atom is 0.297 e. The number of alkyl halides is 2. The highest BCUT2D eigenvalue weighted by molar-refractivity contribution is 9.10. The van der Waals surface area contributed by atoms with Gasteiger partial charge in [0.25, 0.3) is 5.92 Å². The number of halogens is 3. The average molecular weight is 274 g/mol. The molecule has 1 aromatic rings. The first-order valence-corrected chi connectivity index (χ1v) is 5.37. The molecule has 0 saturated carbocycles. The Labute approximate surface area is 95.3 Å². The Hall–Kier alpha value is -0.770. The van der Waals surface area contributed by atoms with Crippen molar-refractivity contribution in [2.24, 2.45) is 4.99 Å². The van der Waals surface area contributed by atoms with Crippen molar-refractivity contribution < 1.29 is 8.78 Å². The van der Waals surface area contributed by atoms with Crippen LogP contribution in [-0.4, -0.2) is 11.8 Å². The van der Waals surface area contributed by atoms with Gasteiger partial charge in [0.15, 0.2) is 0 Å². The summed E-state index contributed by atoms with van der Waals surface area (Å²) in [7, 11) is 0. The van der Waals surface area contributed by atoms with E-state index >= 15 is 0 Å². The van der Waals surface area contributed by atoms with Crippen LogP contribution < -0.4 is 0 Å². The molecule has 0 aliphatic carbocycles. The topological polar surface area (TPSA) is 12.4 Å². The predicted molar refractivity (Wildman–Crippen MR) is 59.7 cm³/mol. The summed E-state index contributed by atoms with van der Waals surface area (Å²) in [5.74, 6) is -2.92. The number of hydrogen-bond donors (Lipinski definition) is 0. The molecule has 1 aromatic carbocycles. The Morgan fingerprint density at radius 3 is 2.60 bits per heavy atom. The summed E-state index contributed by atoms with van der Waals surface area (Å²) in [6.45, 7) is 2.88. The van der Waals surface area contributed by atoms with Gasteiger partial charge >= 0.3 is 0 Å². The molecule has 0 unspecified atom stereocenters. The molecule has 0 amide bonds. The third kappa shape index (κ3) is 1.51. The second-order valence-corrected chi connectivity index (χ2v) is 5.04. The van der Waals surface area contributed by atoms with Crippen molar-refractivity contribution in [2.45, 2.75) is 25.3 Å². The normalized spacial score (nSPS) is 21.1. The van der Waals surface area contributed by atoms with E-state index < -0.39 is 11.5 Å². The summed E-state index contributed by atoms with van der Waals surface area (Å²) in [6, 6.07) is 4.73. The van der Waals surface area contributed by atoms with Gasteiger partial charge in [-0.15, -0.1) is 0 Å². The molecule has 0 spiro atoms. The summed E-state index contributed by atoms with van der Waals surface area (Å²) in [5.41, 5.74) is -0.840. The Morgan fingerprint density at radius 2 is 1.93 bits per heavy atom. The third-order valence-electron chi connectivity index (χ3n) is 2.65. The Kier molecular flexibility index (Phi) is 2.23. The second-order valence-electron chi connectivity index (χ2n) is 4.12. The maximum absolute atomic E-state index is 14.0. The van der Waals surface area contributed by atoms with Crippen molar-refractivity contribution in [1.29, 1.82) is 0 Å². The molecule has 0 bridgehead atoms. The lowest BCUT2D eigenvalue weighted by molar-refractivity contribution is -0.0678. The lowest BCUT2D eigenvalue weighted by Gasteiger charge is -2.34. The largest absolute Gasteiger partial charge is 0.297 e. The van der Waals surface area contributed by atoms with Crippen LogP contribution in [0.4, 0.5) is 8.78 Å². The number of aliphatic imine (C=N–C) groups is 1. The zero-order valence-corrected chi connectivity index (χ0v) is 9.98. The highest BCUT2D eigenvalue weighted by Crippen LogP contribution is 2.45. The van der Waals surface area contributed by atoms with Gasteiger partial charge in [-0.2, -0.15) is 8.78 Å². The Bertz CT molecular complexity index is 438. The number of fused-ring (bicyclic) bond motifs is 1. The molecule has 15 heavy (non-hydrogen) atoms. The first-order chi connectivity index (χ1) is 6.84. The molecule has 0 saturated heterocycles. The van der Waals surface area contributed by atoms with Crippen LogP contribution in [-0.2, 0) is 5.92 Å². The third-order valence-corrected chi connectivity index (χ3v) is 3.14. The van der Waals surface area contributed by atoms with Crippen LogP contribution in [0.1, 0.15) is 25.0 Å². The van der Waals surface area contributed by atoms with Gasteiger partial charge in [0.05, 0.1) is 0 Å². The maximum atomic E-state index is 14.0. The molecule has 0 aromatic heterocycles. The van der Waals surface area contributed by atoms with Crippen molar-refractivity contribution in [1.82, 2.24) is 0 Å². The van der Waals surface area contributed by atoms with E-state index in [1.807, 2.05) is 0 Å². The molecular formula is C11H10BrF2N. The van der Waals surface area contributed by atoms with Gasteiger partial charge < -0.3 is 0 Å². The molecule has 80 valence electrons. The summed E-state index contributed by atoms with van der Waals surface area (Å²) in [6.07, 6.45) is 1.51. The molecule has 1 aliphatic heterocycles. The lowest BCUT2D eigenvalue weighted by Crippen LogP contribution is -2.42. The van der Waals surface area contributed by atoms with E-state index in [-0.39, 0.29) is 5.56 Å². The van der Waals surface area contributed by atoms with E-state index in [9.17, 15) is 8.78 Å². The molecule has 2 rings (SSSR count). The van der Waals surface area contributed by atoms with Crippen LogP contribution in [0, 0.1) is 0 Å². The molecule has 0 fully saturated rings. The highest BCUT2D eigenvalue weighted by Gasteiger charge is 2.50. The van der Waals surface area contributed by atoms with E-state index in [1.54, 1.807) is 12.1 Å². The number of rotatable bonds is 0. The molecule has 1 aliphatic rings. The monoisotopic (exact) mass is 273 g/mol. The van der Waals surface area contributed by atoms with Crippen LogP contribution in [0.25, 0.3) is 0 Å². The second kappa shape index (κ2) is 3.11.